The summed E-state index contributed by atoms with van der Waals surface area (Å²) >= 11 is 0. The fourth-order valence-corrected chi connectivity index (χ4v) is 2.26. The van der Waals surface area contributed by atoms with Crippen LogP contribution >= 0.6 is 0 Å². The molecule has 0 aliphatic heterocycles. The van der Waals surface area contributed by atoms with E-state index in [2.05, 4.69) is 12.2 Å². The van der Waals surface area contributed by atoms with Crippen LogP contribution in [0.1, 0.15) is 47.0 Å². The van der Waals surface area contributed by atoms with Crippen molar-refractivity contribution < 1.29 is 4.79 Å². The number of hydrogen-bond acceptors (Lipinski definition) is 2. The molecule has 3 nitrogen and oxygen atoms in total. The Morgan fingerprint density at radius 2 is 2.06 bits per heavy atom. The van der Waals surface area contributed by atoms with E-state index >= 15 is 0 Å². The number of carbonyl (C=O) groups excluding carboxylic acids is 1. The lowest BCUT2D eigenvalue weighted by atomic mass is 9.87. The maximum Gasteiger partial charge on any atom is 0.237 e. The van der Waals surface area contributed by atoms with Gasteiger partial charge < -0.3 is 11.1 Å². The Morgan fingerprint density at radius 1 is 1.44 bits per heavy atom. The first-order chi connectivity index (χ1) is 7.32. The van der Waals surface area contributed by atoms with E-state index in [1.54, 1.807) is 0 Å². The summed E-state index contributed by atoms with van der Waals surface area (Å²) in [6.07, 6.45) is 3.84. The van der Waals surface area contributed by atoms with Crippen molar-refractivity contribution in [3.63, 3.8) is 0 Å². The Hall–Kier alpha value is -0.570. The van der Waals surface area contributed by atoms with E-state index in [1.165, 1.54) is 19.3 Å². The van der Waals surface area contributed by atoms with Gasteiger partial charge in [-0.3, -0.25) is 4.79 Å². The third-order valence-electron chi connectivity index (χ3n) is 3.79. The minimum absolute atomic E-state index is 0.00778. The van der Waals surface area contributed by atoms with E-state index in [0.717, 1.165) is 12.5 Å². The Balaban J connectivity index is 2.35. The molecule has 0 bridgehead atoms. The quantitative estimate of drug-likeness (QED) is 0.772. The van der Waals surface area contributed by atoms with Crippen LogP contribution in [0.25, 0.3) is 0 Å². The first-order valence-corrected chi connectivity index (χ1v) is 6.35. The van der Waals surface area contributed by atoms with Crippen molar-refractivity contribution in [1.82, 2.24) is 5.32 Å². The molecule has 3 atom stereocenters. The first kappa shape index (κ1) is 13.5. The molecule has 0 aromatic heterocycles. The zero-order valence-electron chi connectivity index (χ0n) is 11.0. The normalized spacial score (nSPS) is 27.8. The second-order valence-corrected chi connectivity index (χ2v) is 6.26. The van der Waals surface area contributed by atoms with Gasteiger partial charge in [-0.05, 0) is 23.7 Å². The van der Waals surface area contributed by atoms with Crippen molar-refractivity contribution in [3.05, 3.63) is 0 Å². The molecule has 1 amide bonds. The first-order valence-electron chi connectivity index (χ1n) is 6.35. The van der Waals surface area contributed by atoms with E-state index in [0.29, 0.717) is 5.92 Å². The third kappa shape index (κ3) is 3.48. The molecule has 1 fully saturated rings. The molecule has 1 aliphatic rings. The molecule has 0 aromatic carbocycles. The molecule has 0 radical (unpaired) electrons. The summed E-state index contributed by atoms with van der Waals surface area (Å²) in [6, 6.07) is -0.413. The Bertz CT molecular complexity index is 245. The number of rotatable bonds is 3. The van der Waals surface area contributed by atoms with Crippen LogP contribution in [0, 0.1) is 17.3 Å². The van der Waals surface area contributed by atoms with Crippen LogP contribution < -0.4 is 11.1 Å². The molecule has 0 saturated heterocycles. The van der Waals surface area contributed by atoms with Crippen LogP contribution in [0.5, 0.6) is 0 Å². The van der Waals surface area contributed by atoms with Gasteiger partial charge >= 0.3 is 0 Å². The van der Waals surface area contributed by atoms with Crippen LogP contribution in [-0.2, 0) is 4.79 Å². The number of carbonyl (C=O) groups is 1. The molecule has 1 rings (SSSR count). The highest BCUT2D eigenvalue weighted by atomic mass is 16.2. The Labute approximate surface area is 99.2 Å². The molecule has 0 aromatic rings. The van der Waals surface area contributed by atoms with Crippen molar-refractivity contribution in [2.45, 2.75) is 53.0 Å². The largest absolute Gasteiger partial charge is 0.354 e. The van der Waals surface area contributed by atoms with Gasteiger partial charge in [-0.15, -0.1) is 0 Å². The second-order valence-electron chi connectivity index (χ2n) is 6.26. The van der Waals surface area contributed by atoms with Crippen LogP contribution in [-0.4, -0.2) is 18.5 Å². The SMILES string of the molecule is CC1CCCC1CNC(=O)[C@@H](N)C(C)(C)C. The summed E-state index contributed by atoms with van der Waals surface area (Å²) in [6.45, 7) is 9.05. The summed E-state index contributed by atoms with van der Waals surface area (Å²) in [7, 11) is 0. The van der Waals surface area contributed by atoms with E-state index in [9.17, 15) is 4.79 Å². The molecule has 3 N–H and O–H groups in total. The predicted molar refractivity (Wildman–Crippen MR) is 66.9 cm³/mol. The van der Waals surface area contributed by atoms with Crippen molar-refractivity contribution in [2.75, 3.05) is 6.54 Å². The van der Waals surface area contributed by atoms with E-state index in [4.69, 9.17) is 5.73 Å². The molecule has 1 aliphatic carbocycles. The van der Waals surface area contributed by atoms with Crippen molar-refractivity contribution in [2.24, 2.45) is 23.0 Å². The molecule has 16 heavy (non-hydrogen) atoms. The van der Waals surface area contributed by atoms with Gasteiger partial charge in [0, 0.05) is 6.54 Å². The smallest absolute Gasteiger partial charge is 0.237 e. The van der Waals surface area contributed by atoms with Gasteiger partial charge in [0.1, 0.15) is 0 Å². The minimum Gasteiger partial charge on any atom is -0.354 e. The second kappa shape index (κ2) is 5.17. The fourth-order valence-electron chi connectivity index (χ4n) is 2.26. The molecule has 3 heteroatoms. The number of hydrogen-bond donors (Lipinski definition) is 2. The van der Waals surface area contributed by atoms with Crippen LogP contribution in [0.3, 0.4) is 0 Å². The zero-order chi connectivity index (χ0) is 12.3. The molecule has 94 valence electrons. The van der Waals surface area contributed by atoms with Crippen molar-refractivity contribution >= 4 is 5.91 Å². The van der Waals surface area contributed by atoms with E-state index < -0.39 is 6.04 Å². The van der Waals surface area contributed by atoms with Crippen LogP contribution in [0.15, 0.2) is 0 Å². The molecule has 1 saturated carbocycles. The van der Waals surface area contributed by atoms with Gasteiger partial charge in [-0.25, -0.2) is 0 Å². The van der Waals surface area contributed by atoms with Crippen LogP contribution in [0.2, 0.25) is 0 Å². The van der Waals surface area contributed by atoms with Gasteiger partial charge in [0.25, 0.3) is 0 Å². The van der Waals surface area contributed by atoms with E-state index in [1.807, 2.05) is 20.8 Å². The van der Waals surface area contributed by atoms with E-state index in [-0.39, 0.29) is 11.3 Å². The van der Waals surface area contributed by atoms with Crippen molar-refractivity contribution in [1.29, 1.82) is 0 Å². The summed E-state index contributed by atoms with van der Waals surface area (Å²) in [5.74, 6) is 1.38. The molecular weight excluding hydrogens is 200 g/mol. The number of nitrogens with one attached hydrogen (secondary N) is 1. The molecule has 2 unspecified atom stereocenters. The average Bonchev–Trinajstić information content (AvgIpc) is 2.58. The maximum absolute atomic E-state index is 11.8. The average molecular weight is 226 g/mol. The van der Waals surface area contributed by atoms with Gasteiger partial charge in [0.2, 0.25) is 5.91 Å². The van der Waals surface area contributed by atoms with Crippen molar-refractivity contribution in [3.8, 4) is 0 Å². The van der Waals surface area contributed by atoms with Gasteiger partial charge in [-0.2, -0.15) is 0 Å². The standard InChI is InChI=1S/C13H26N2O/c1-9-6-5-7-10(9)8-15-12(16)11(14)13(2,3)4/h9-11H,5-8,14H2,1-4H3,(H,15,16)/t9?,10?,11-/m1/s1. The lowest BCUT2D eigenvalue weighted by Gasteiger charge is -2.26. The summed E-state index contributed by atoms with van der Waals surface area (Å²) in [5.41, 5.74) is 5.74. The Morgan fingerprint density at radius 3 is 2.50 bits per heavy atom. The van der Waals surface area contributed by atoms with Gasteiger partial charge in [-0.1, -0.05) is 40.5 Å². The molecular formula is C13H26N2O. The van der Waals surface area contributed by atoms with Crippen LogP contribution in [0.4, 0.5) is 0 Å². The number of nitrogens with two attached hydrogens (primary N) is 1. The Kier molecular flexibility index (Phi) is 4.36. The highest BCUT2D eigenvalue weighted by molar-refractivity contribution is 5.82. The molecule has 0 spiro atoms. The fraction of sp³-hybridized carbons (Fsp3) is 0.923. The lowest BCUT2D eigenvalue weighted by molar-refractivity contribution is -0.124. The number of amides is 1. The van der Waals surface area contributed by atoms with Gasteiger partial charge in [0.15, 0.2) is 0 Å². The molecule has 0 heterocycles. The monoisotopic (exact) mass is 226 g/mol. The topological polar surface area (TPSA) is 55.1 Å². The summed E-state index contributed by atoms with van der Waals surface area (Å²) in [4.78, 5) is 11.8. The third-order valence-corrected chi connectivity index (χ3v) is 3.79. The lowest BCUT2D eigenvalue weighted by Crippen LogP contribution is -2.49. The predicted octanol–water partition coefficient (Wildman–Crippen LogP) is 1.91. The summed E-state index contributed by atoms with van der Waals surface area (Å²) in [5, 5.41) is 3.00. The maximum atomic E-state index is 11.8. The highest BCUT2D eigenvalue weighted by Crippen LogP contribution is 2.30. The van der Waals surface area contributed by atoms with Gasteiger partial charge in [0.05, 0.1) is 6.04 Å². The minimum atomic E-state index is -0.413. The highest BCUT2D eigenvalue weighted by Gasteiger charge is 2.29. The summed E-state index contributed by atoms with van der Waals surface area (Å²) < 4.78 is 0. The zero-order valence-corrected chi connectivity index (χ0v) is 11.0.